The topological polar surface area (TPSA) is 68.8 Å². The van der Waals surface area contributed by atoms with Crippen LogP contribution in [0.25, 0.3) is 0 Å². The molecule has 1 aliphatic heterocycles. The summed E-state index contributed by atoms with van der Waals surface area (Å²) in [4.78, 5) is 35.6. The van der Waals surface area contributed by atoms with Crippen LogP contribution < -0.4 is 10.2 Å². The number of carbonyl (C=O) groups is 2. The molecule has 1 aromatic carbocycles. The summed E-state index contributed by atoms with van der Waals surface area (Å²) in [6, 6.07) is 10.8. The molecule has 2 amide bonds. The van der Waals surface area contributed by atoms with Gasteiger partial charge in [0.05, 0.1) is 0 Å². The standard InChI is InChI=1S/C21H27N5O2/c1-4-25-11-13-26(14-12-25)21(28)19-15-16(9-10-22-19)20(27)23-17-5-7-18(8-6-17)24(2)3/h5-10,15H,4,11-14H2,1-3H3,(H,23,27). The molecule has 2 heterocycles. The summed E-state index contributed by atoms with van der Waals surface area (Å²) in [6.45, 7) is 6.21. The van der Waals surface area contributed by atoms with Gasteiger partial charge in [0, 0.05) is 63.4 Å². The quantitative estimate of drug-likeness (QED) is 0.860. The average molecular weight is 381 g/mol. The fraction of sp³-hybridized carbons (Fsp3) is 0.381. The molecule has 7 heteroatoms. The predicted octanol–water partition coefficient (Wildman–Crippen LogP) is 2.18. The Kier molecular flexibility index (Phi) is 6.26. The van der Waals surface area contributed by atoms with E-state index in [-0.39, 0.29) is 11.8 Å². The molecule has 1 aromatic heterocycles. The smallest absolute Gasteiger partial charge is 0.272 e. The van der Waals surface area contributed by atoms with Crippen molar-refractivity contribution in [3.05, 3.63) is 53.9 Å². The van der Waals surface area contributed by atoms with E-state index in [9.17, 15) is 9.59 Å². The number of amides is 2. The highest BCUT2D eigenvalue weighted by Crippen LogP contribution is 2.17. The molecule has 0 aliphatic carbocycles. The average Bonchev–Trinajstić information content (AvgIpc) is 2.73. The van der Waals surface area contributed by atoms with E-state index in [2.05, 4.69) is 22.1 Å². The number of piperazine rings is 1. The second kappa shape index (κ2) is 8.84. The second-order valence-corrected chi connectivity index (χ2v) is 7.05. The van der Waals surface area contributed by atoms with Crippen molar-refractivity contribution in [2.24, 2.45) is 0 Å². The van der Waals surface area contributed by atoms with Crippen molar-refractivity contribution in [3.63, 3.8) is 0 Å². The number of carbonyl (C=O) groups excluding carboxylic acids is 2. The molecule has 0 saturated carbocycles. The highest BCUT2D eigenvalue weighted by atomic mass is 16.2. The van der Waals surface area contributed by atoms with E-state index in [1.807, 2.05) is 43.3 Å². The van der Waals surface area contributed by atoms with Crippen molar-refractivity contribution in [1.29, 1.82) is 0 Å². The minimum Gasteiger partial charge on any atom is -0.378 e. The van der Waals surface area contributed by atoms with Crippen LogP contribution in [0.3, 0.4) is 0 Å². The number of anilines is 2. The number of hydrogen-bond donors (Lipinski definition) is 1. The first-order valence-corrected chi connectivity index (χ1v) is 9.54. The molecule has 0 spiro atoms. The molecule has 7 nitrogen and oxygen atoms in total. The lowest BCUT2D eigenvalue weighted by atomic mass is 10.2. The van der Waals surface area contributed by atoms with E-state index >= 15 is 0 Å². The molecule has 1 saturated heterocycles. The first kappa shape index (κ1) is 19.8. The van der Waals surface area contributed by atoms with E-state index in [0.29, 0.717) is 30.0 Å². The van der Waals surface area contributed by atoms with Gasteiger partial charge in [-0.25, -0.2) is 0 Å². The van der Waals surface area contributed by atoms with Gasteiger partial charge in [-0.2, -0.15) is 0 Å². The minimum absolute atomic E-state index is 0.124. The molecular formula is C21H27N5O2. The summed E-state index contributed by atoms with van der Waals surface area (Å²) >= 11 is 0. The zero-order chi connectivity index (χ0) is 20.1. The molecule has 1 N–H and O–H groups in total. The number of benzene rings is 1. The Morgan fingerprint density at radius 3 is 2.36 bits per heavy atom. The van der Waals surface area contributed by atoms with Crippen LogP contribution in [0.15, 0.2) is 42.6 Å². The molecule has 2 aromatic rings. The van der Waals surface area contributed by atoms with Gasteiger partial charge < -0.3 is 20.0 Å². The lowest BCUT2D eigenvalue weighted by Gasteiger charge is -2.33. The molecule has 0 radical (unpaired) electrons. The maximum atomic E-state index is 12.7. The lowest BCUT2D eigenvalue weighted by Crippen LogP contribution is -2.48. The third-order valence-electron chi connectivity index (χ3n) is 4.99. The number of aromatic nitrogens is 1. The number of likely N-dealkylation sites (N-methyl/N-ethyl adjacent to an activating group) is 1. The van der Waals surface area contributed by atoms with Crippen LogP contribution in [0.4, 0.5) is 11.4 Å². The van der Waals surface area contributed by atoms with Crippen LogP contribution in [0.2, 0.25) is 0 Å². The number of nitrogens with zero attached hydrogens (tertiary/aromatic N) is 4. The predicted molar refractivity (Wildman–Crippen MR) is 111 cm³/mol. The van der Waals surface area contributed by atoms with Gasteiger partial charge in [-0.1, -0.05) is 6.92 Å². The summed E-state index contributed by atoms with van der Waals surface area (Å²) in [5.41, 5.74) is 2.48. The normalized spacial score (nSPS) is 14.6. The Hall–Kier alpha value is -2.93. The van der Waals surface area contributed by atoms with Gasteiger partial charge in [0.1, 0.15) is 5.69 Å². The Balaban J connectivity index is 1.66. The van der Waals surface area contributed by atoms with Crippen LogP contribution in [0, 0.1) is 0 Å². The number of hydrogen-bond acceptors (Lipinski definition) is 5. The van der Waals surface area contributed by atoms with Gasteiger partial charge in [-0.3, -0.25) is 14.6 Å². The second-order valence-electron chi connectivity index (χ2n) is 7.05. The molecule has 148 valence electrons. The maximum absolute atomic E-state index is 12.7. The number of rotatable bonds is 5. The van der Waals surface area contributed by atoms with Gasteiger partial charge in [-0.05, 0) is 42.9 Å². The molecule has 1 aliphatic rings. The molecule has 0 unspecified atom stereocenters. The highest BCUT2D eigenvalue weighted by Gasteiger charge is 2.23. The molecule has 28 heavy (non-hydrogen) atoms. The Bertz CT molecular complexity index is 827. The van der Waals surface area contributed by atoms with Crippen molar-refractivity contribution in [2.75, 3.05) is 57.0 Å². The summed E-state index contributed by atoms with van der Waals surface area (Å²) in [5.74, 6) is -0.384. The fourth-order valence-corrected chi connectivity index (χ4v) is 3.16. The van der Waals surface area contributed by atoms with Gasteiger partial charge >= 0.3 is 0 Å². The maximum Gasteiger partial charge on any atom is 0.272 e. The van der Waals surface area contributed by atoms with Crippen LogP contribution in [-0.2, 0) is 0 Å². The van der Waals surface area contributed by atoms with Crippen LogP contribution >= 0.6 is 0 Å². The molecule has 1 fully saturated rings. The zero-order valence-electron chi connectivity index (χ0n) is 16.7. The molecular weight excluding hydrogens is 354 g/mol. The van der Waals surface area contributed by atoms with E-state index in [1.165, 1.54) is 6.20 Å². The summed E-state index contributed by atoms with van der Waals surface area (Å²) < 4.78 is 0. The summed E-state index contributed by atoms with van der Waals surface area (Å²) in [5, 5.41) is 2.87. The van der Waals surface area contributed by atoms with E-state index in [1.54, 1.807) is 17.0 Å². The zero-order valence-corrected chi connectivity index (χ0v) is 16.7. The van der Waals surface area contributed by atoms with Gasteiger partial charge in [0.25, 0.3) is 11.8 Å². The fourth-order valence-electron chi connectivity index (χ4n) is 3.16. The molecule has 3 rings (SSSR count). The van der Waals surface area contributed by atoms with Crippen molar-refractivity contribution in [1.82, 2.24) is 14.8 Å². The SMILES string of the molecule is CCN1CCN(C(=O)c2cc(C(=O)Nc3ccc(N(C)C)cc3)ccn2)CC1. The largest absolute Gasteiger partial charge is 0.378 e. The number of pyridine rings is 1. The summed E-state index contributed by atoms with van der Waals surface area (Å²) in [7, 11) is 3.93. The van der Waals surface area contributed by atoms with Crippen LogP contribution in [-0.4, -0.2) is 73.4 Å². The Morgan fingerprint density at radius 1 is 1.07 bits per heavy atom. The Labute approximate surface area is 166 Å². The summed E-state index contributed by atoms with van der Waals surface area (Å²) in [6.07, 6.45) is 1.51. The van der Waals surface area contributed by atoms with Crippen LogP contribution in [0.1, 0.15) is 27.8 Å². The third-order valence-corrected chi connectivity index (χ3v) is 4.99. The van der Waals surface area contributed by atoms with Gasteiger partial charge in [0.2, 0.25) is 0 Å². The minimum atomic E-state index is -0.259. The van der Waals surface area contributed by atoms with Crippen molar-refractivity contribution >= 4 is 23.2 Å². The van der Waals surface area contributed by atoms with E-state index in [0.717, 1.165) is 25.3 Å². The monoisotopic (exact) mass is 381 g/mol. The van der Waals surface area contributed by atoms with E-state index < -0.39 is 0 Å². The highest BCUT2D eigenvalue weighted by molar-refractivity contribution is 6.05. The third kappa shape index (κ3) is 4.67. The van der Waals surface area contributed by atoms with Gasteiger partial charge in [-0.15, -0.1) is 0 Å². The Morgan fingerprint density at radius 2 is 1.75 bits per heavy atom. The number of nitrogens with one attached hydrogen (secondary N) is 1. The first-order chi connectivity index (χ1) is 13.5. The lowest BCUT2D eigenvalue weighted by molar-refractivity contribution is 0.0637. The first-order valence-electron chi connectivity index (χ1n) is 9.54. The van der Waals surface area contributed by atoms with Crippen molar-refractivity contribution < 1.29 is 9.59 Å². The van der Waals surface area contributed by atoms with E-state index in [4.69, 9.17) is 0 Å². The van der Waals surface area contributed by atoms with Crippen LogP contribution in [0.5, 0.6) is 0 Å². The van der Waals surface area contributed by atoms with Gasteiger partial charge in [0.15, 0.2) is 0 Å². The van der Waals surface area contributed by atoms with Crippen molar-refractivity contribution in [3.8, 4) is 0 Å². The van der Waals surface area contributed by atoms with Crippen molar-refractivity contribution in [2.45, 2.75) is 6.92 Å². The molecule has 0 bridgehead atoms. The molecule has 0 atom stereocenters.